The highest BCUT2D eigenvalue weighted by molar-refractivity contribution is 7.99. The van der Waals surface area contributed by atoms with E-state index in [4.69, 9.17) is 9.15 Å². The Morgan fingerprint density at radius 3 is 2.74 bits per heavy atom. The highest BCUT2D eigenvalue weighted by Crippen LogP contribution is 2.35. The zero-order chi connectivity index (χ0) is 19.4. The van der Waals surface area contributed by atoms with Crippen molar-refractivity contribution in [2.75, 3.05) is 6.61 Å². The van der Waals surface area contributed by atoms with Crippen molar-refractivity contribution >= 4 is 23.2 Å². The maximum absolute atomic E-state index is 11.9. The van der Waals surface area contributed by atoms with Crippen molar-refractivity contribution in [3.05, 3.63) is 58.1 Å². The summed E-state index contributed by atoms with van der Waals surface area (Å²) in [5.74, 6) is 0.621. The number of carbonyl (C=O) groups is 1. The zero-order valence-electron chi connectivity index (χ0n) is 14.5. The molecule has 0 spiro atoms. The number of nitrogens with zero attached hydrogens (tertiary/aromatic N) is 3. The number of nitro benzene ring substituents is 1. The Balaban J connectivity index is 1.91. The summed E-state index contributed by atoms with van der Waals surface area (Å²) in [6.45, 7) is 3.72. The highest BCUT2D eigenvalue weighted by Gasteiger charge is 2.18. The molecule has 0 saturated heterocycles. The van der Waals surface area contributed by atoms with Crippen molar-refractivity contribution in [3.63, 3.8) is 0 Å². The monoisotopic (exact) mass is 385 g/mol. The van der Waals surface area contributed by atoms with Gasteiger partial charge in [-0.3, -0.25) is 14.9 Å². The van der Waals surface area contributed by atoms with Crippen molar-refractivity contribution < 1.29 is 18.9 Å². The Bertz CT molecular complexity index is 1000. The number of benzene rings is 2. The van der Waals surface area contributed by atoms with Crippen LogP contribution in [0.25, 0.3) is 11.5 Å². The quantitative estimate of drug-likeness (QED) is 0.334. The van der Waals surface area contributed by atoms with Crippen LogP contribution in [0, 0.1) is 10.1 Å². The van der Waals surface area contributed by atoms with Crippen LogP contribution in [0.1, 0.15) is 24.2 Å². The van der Waals surface area contributed by atoms with Crippen LogP contribution in [0.2, 0.25) is 0 Å². The van der Waals surface area contributed by atoms with E-state index in [0.29, 0.717) is 22.8 Å². The van der Waals surface area contributed by atoms with Gasteiger partial charge in [-0.15, -0.1) is 10.2 Å². The van der Waals surface area contributed by atoms with E-state index >= 15 is 0 Å². The van der Waals surface area contributed by atoms with Gasteiger partial charge in [0, 0.05) is 22.6 Å². The van der Waals surface area contributed by atoms with Crippen LogP contribution < -0.4 is 4.74 Å². The fourth-order valence-electron chi connectivity index (χ4n) is 2.37. The average molecular weight is 385 g/mol. The van der Waals surface area contributed by atoms with Crippen molar-refractivity contribution in [1.82, 2.24) is 10.2 Å². The summed E-state index contributed by atoms with van der Waals surface area (Å²) >= 11 is 1.07. The lowest BCUT2D eigenvalue weighted by atomic mass is 10.1. The maximum atomic E-state index is 11.9. The molecule has 1 heterocycles. The van der Waals surface area contributed by atoms with E-state index in [9.17, 15) is 14.9 Å². The molecule has 2 aromatic carbocycles. The Labute approximate surface area is 158 Å². The van der Waals surface area contributed by atoms with E-state index < -0.39 is 4.92 Å². The fourth-order valence-corrected chi connectivity index (χ4v) is 3.21. The molecule has 0 atom stereocenters. The molecule has 0 bridgehead atoms. The third-order valence-corrected chi connectivity index (χ3v) is 4.49. The van der Waals surface area contributed by atoms with E-state index in [0.717, 1.165) is 11.8 Å². The summed E-state index contributed by atoms with van der Waals surface area (Å²) in [7, 11) is 0. The zero-order valence-corrected chi connectivity index (χ0v) is 15.4. The molecule has 0 aliphatic heterocycles. The van der Waals surface area contributed by atoms with Gasteiger partial charge in [0.1, 0.15) is 5.75 Å². The first-order valence-corrected chi connectivity index (χ1v) is 8.84. The molecule has 8 nitrogen and oxygen atoms in total. The number of para-hydroxylation sites is 1. The number of aromatic nitrogens is 2. The first-order valence-electron chi connectivity index (χ1n) is 8.02. The normalized spacial score (nSPS) is 10.6. The standard InChI is InChI=1S/C18H15N3O5S/c1-3-25-15-7-5-4-6-13(15)17-19-20-18(26-17)27-16-9-8-12(21(23)24)10-14(16)11(2)22/h4-10H,3H2,1-2H3. The predicted molar refractivity (Wildman–Crippen MR) is 98.1 cm³/mol. The lowest BCUT2D eigenvalue weighted by Crippen LogP contribution is -1.98. The number of hydrogen-bond acceptors (Lipinski definition) is 8. The van der Waals surface area contributed by atoms with Crippen LogP contribution in [0.15, 0.2) is 57.0 Å². The Morgan fingerprint density at radius 2 is 2.04 bits per heavy atom. The highest BCUT2D eigenvalue weighted by atomic mass is 32.2. The molecular weight excluding hydrogens is 370 g/mol. The van der Waals surface area contributed by atoms with Crippen LogP contribution in [-0.4, -0.2) is 27.5 Å². The molecule has 0 unspecified atom stereocenters. The molecule has 0 radical (unpaired) electrons. The lowest BCUT2D eigenvalue weighted by molar-refractivity contribution is -0.384. The topological polar surface area (TPSA) is 108 Å². The molecule has 9 heteroatoms. The minimum absolute atomic E-state index is 0.151. The Morgan fingerprint density at radius 1 is 1.26 bits per heavy atom. The van der Waals surface area contributed by atoms with E-state index in [1.165, 1.54) is 25.1 Å². The third-order valence-electron chi connectivity index (χ3n) is 3.57. The molecular formula is C18H15N3O5S. The van der Waals surface area contributed by atoms with Gasteiger partial charge in [-0.05, 0) is 43.8 Å². The minimum atomic E-state index is -0.545. The number of ketones is 1. The molecule has 0 N–H and O–H groups in total. The number of ether oxygens (including phenoxy) is 1. The molecule has 0 aliphatic carbocycles. The number of carbonyl (C=O) groups excluding carboxylic acids is 1. The third kappa shape index (κ3) is 4.14. The van der Waals surface area contributed by atoms with Gasteiger partial charge in [0.05, 0.1) is 17.1 Å². The molecule has 1 aromatic heterocycles. The predicted octanol–water partition coefficient (Wildman–Crippen LogP) is 4.40. The second-order valence-electron chi connectivity index (χ2n) is 5.40. The lowest BCUT2D eigenvalue weighted by Gasteiger charge is -2.06. The summed E-state index contributed by atoms with van der Waals surface area (Å²) < 4.78 is 11.3. The van der Waals surface area contributed by atoms with Gasteiger partial charge in [0.2, 0.25) is 0 Å². The van der Waals surface area contributed by atoms with Gasteiger partial charge in [0.15, 0.2) is 5.78 Å². The average Bonchev–Trinajstić information content (AvgIpc) is 3.10. The van der Waals surface area contributed by atoms with E-state index in [2.05, 4.69) is 10.2 Å². The van der Waals surface area contributed by atoms with Crippen LogP contribution in [-0.2, 0) is 0 Å². The fraction of sp³-hybridized carbons (Fsp3) is 0.167. The number of rotatable bonds is 7. The first kappa shape index (κ1) is 18.6. The summed E-state index contributed by atoms with van der Waals surface area (Å²) in [4.78, 5) is 22.7. The summed E-state index contributed by atoms with van der Waals surface area (Å²) in [6, 6.07) is 11.4. The van der Waals surface area contributed by atoms with Crippen LogP contribution >= 0.6 is 11.8 Å². The molecule has 27 heavy (non-hydrogen) atoms. The number of Topliss-reactive ketones (excluding diaryl/α,β-unsaturated/α-hetero) is 1. The Kier molecular flexibility index (Phi) is 5.51. The van der Waals surface area contributed by atoms with Crippen molar-refractivity contribution in [1.29, 1.82) is 0 Å². The van der Waals surface area contributed by atoms with Gasteiger partial charge in [0.25, 0.3) is 16.8 Å². The Hall–Kier alpha value is -3.20. The van der Waals surface area contributed by atoms with Crippen LogP contribution in [0.4, 0.5) is 5.69 Å². The smallest absolute Gasteiger partial charge is 0.281 e. The SMILES string of the molecule is CCOc1ccccc1-c1nnc(Sc2ccc([N+](=O)[O-])cc2C(C)=O)o1. The van der Waals surface area contributed by atoms with Crippen molar-refractivity contribution in [2.24, 2.45) is 0 Å². The molecule has 0 aliphatic rings. The van der Waals surface area contributed by atoms with Crippen LogP contribution in [0.3, 0.4) is 0 Å². The molecule has 138 valence electrons. The molecule has 0 fully saturated rings. The molecule has 0 amide bonds. The summed E-state index contributed by atoms with van der Waals surface area (Å²) in [5, 5.41) is 19.2. The van der Waals surface area contributed by atoms with E-state index in [1.54, 1.807) is 12.1 Å². The van der Waals surface area contributed by atoms with Gasteiger partial charge in [-0.2, -0.15) is 0 Å². The first-order chi connectivity index (χ1) is 13.0. The second kappa shape index (κ2) is 8.00. The number of hydrogen-bond donors (Lipinski definition) is 0. The van der Waals surface area contributed by atoms with Crippen molar-refractivity contribution in [2.45, 2.75) is 24.0 Å². The molecule has 3 aromatic rings. The second-order valence-corrected chi connectivity index (χ2v) is 6.39. The van der Waals surface area contributed by atoms with Gasteiger partial charge < -0.3 is 9.15 Å². The number of non-ortho nitro benzene ring substituents is 1. The summed E-state index contributed by atoms with van der Waals surface area (Å²) in [6.07, 6.45) is 0. The van der Waals surface area contributed by atoms with Gasteiger partial charge in [-0.1, -0.05) is 12.1 Å². The summed E-state index contributed by atoms with van der Waals surface area (Å²) in [5.41, 5.74) is 0.735. The van der Waals surface area contributed by atoms with Gasteiger partial charge in [-0.25, -0.2) is 0 Å². The molecule has 3 rings (SSSR count). The van der Waals surface area contributed by atoms with E-state index in [-0.39, 0.29) is 28.1 Å². The van der Waals surface area contributed by atoms with Gasteiger partial charge >= 0.3 is 0 Å². The van der Waals surface area contributed by atoms with E-state index in [1.807, 2.05) is 19.1 Å². The molecule has 0 saturated carbocycles. The minimum Gasteiger partial charge on any atom is -0.493 e. The maximum Gasteiger partial charge on any atom is 0.281 e. The largest absolute Gasteiger partial charge is 0.493 e. The van der Waals surface area contributed by atoms with Crippen molar-refractivity contribution in [3.8, 4) is 17.2 Å². The van der Waals surface area contributed by atoms with Crippen LogP contribution in [0.5, 0.6) is 5.75 Å². The number of nitro groups is 1.